The molecule has 2 aromatic heterocycles. The zero-order valence-electron chi connectivity index (χ0n) is 10.8. The summed E-state index contributed by atoms with van der Waals surface area (Å²) < 4.78 is 3.85. The van der Waals surface area contributed by atoms with Crippen molar-refractivity contribution in [3.63, 3.8) is 0 Å². The Kier molecular flexibility index (Phi) is 4.03. The molecule has 0 fully saturated rings. The molecule has 0 unspecified atom stereocenters. The van der Waals surface area contributed by atoms with Gasteiger partial charge in [-0.15, -0.1) is 16.4 Å². The minimum Gasteiger partial charge on any atom is -0.318 e. The summed E-state index contributed by atoms with van der Waals surface area (Å²) in [5.41, 5.74) is 3.91. The number of benzene rings is 1. The number of nitrogens with one attached hydrogen (secondary N) is 1. The van der Waals surface area contributed by atoms with Gasteiger partial charge in [0.2, 0.25) is 4.80 Å². The molecule has 0 spiro atoms. The first-order valence-electron chi connectivity index (χ1n) is 5.89. The van der Waals surface area contributed by atoms with Crippen molar-refractivity contribution in [3.05, 3.63) is 49.4 Å². The zero-order chi connectivity index (χ0) is 15.0. The van der Waals surface area contributed by atoms with Crippen LogP contribution < -0.4 is 10.2 Å². The van der Waals surface area contributed by atoms with Crippen LogP contribution in [0.1, 0.15) is 10.4 Å². The lowest BCUT2D eigenvalue weighted by Gasteiger charge is -1.97. The number of rotatable bonds is 2. The fourth-order valence-corrected chi connectivity index (χ4v) is 4.28. The van der Waals surface area contributed by atoms with Crippen LogP contribution in [-0.2, 0) is 7.05 Å². The summed E-state index contributed by atoms with van der Waals surface area (Å²) in [6, 6.07) is 9.47. The number of thiophene rings is 1. The second-order valence-corrected chi connectivity index (χ2v) is 7.50. The Balaban J connectivity index is 1.93. The fourth-order valence-electron chi connectivity index (χ4n) is 1.84. The predicted molar refractivity (Wildman–Crippen MR) is 88.2 cm³/mol. The lowest BCUT2D eigenvalue weighted by molar-refractivity contribution is 0.0953. The van der Waals surface area contributed by atoms with E-state index in [-0.39, 0.29) is 5.91 Å². The molecule has 1 aromatic carbocycles. The van der Waals surface area contributed by atoms with Crippen LogP contribution in [0.25, 0.3) is 10.2 Å². The number of hydrogen-bond acceptors (Lipinski definition) is 4. The molecule has 108 valence electrons. The summed E-state index contributed by atoms with van der Waals surface area (Å²) in [5, 5.41) is 4.15. The second-order valence-electron chi connectivity index (χ2n) is 4.20. The second kappa shape index (κ2) is 5.81. The highest BCUT2D eigenvalue weighted by atomic mass is 35.5. The van der Waals surface area contributed by atoms with Crippen molar-refractivity contribution in [2.75, 3.05) is 0 Å². The summed E-state index contributed by atoms with van der Waals surface area (Å²) in [4.78, 5) is 12.7. The maximum atomic E-state index is 12.0. The van der Waals surface area contributed by atoms with Crippen molar-refractivity contribution in [2.45, 2.75) is 0 Å². The van der Waals surface area contributed by atoms with Crippen LogP contribution in [0.2, 0.25) is 8.67 Å². The smallest absolute Gasteiger partial charge is 0.273 e. The molecular formula is C13H9Cl2N3OS2. The number of aryl methyl sites for hydroxylation is 1. The number of fused-ring (bicyclic) bond motifs is 1. The summed E-state index contributed by atoms with van der Waals surface area (Å²) in [6.45, 7) is 0. The fraction of sp³-hybridized carbons (Fsp3) is 0.0769. The van der Waals surface area contributed by atoms with E-state index in [0.717, 1.165) is 21.6 Å². The molecule has 1 N–H and O–H groups in total. The van der Waals surface area contributed by atoms with E-state index in [4.69, 9.17) is 23.2 Å². The van der Waals surface area contributed by atoms with Gasteiger partial charge in [0.25, 0.3) is 5.91 Å². The van der Waals surface area contributed by atoms with Gasteiger partial charge >= 0.3 is 0 Å². The van der Waals surface area contributed by atoms with E-state index in [1.165, 1.54) is 17.4 Å². The Labute approximate surface area is 138 Å². The maximum absolute atomic E-state index is 12.0. The molecule has 3 aromatic rings. The molecule has 0 saturated heterocycles. The molecule has 0 aliphatic carbocycles. The third kappa shape index (κ3) is 2.85. The number of amides is 1. The van der Waals surface area contributed by atoms with Crippen LogP contribution >= 0.6 is 45.9 Å². The van der Waals surface area contributed by atoms with E-state index in [9.17, 15) is 4.79 Å². The van der Waals surface area contributed by atoms with Gasteiger partial charge in [-0.05, 0) is 18.2 Å². The monoisotopic (exact) mass is 357 g/mol. The SMILES string of the molecule is Cn1c(=NNC(=O)c2cc(Cl)sc2Cl)sc2ccccc21. The summed E-state index contributed by atoms with van der Waals surface area (Å²) in [5.74, 6) is -0.374. The van der Waals surface area contributed by atoms with Crippen LogP contribution in [0.15, 0.2) is 35.4 Å². The normalized spacial score (nSPS) is 12.0. The molecule has 4 nitrogen and oxygen atoms in total. The highest BCUT2D eigenvalue weighted by Crippen LogP contribution is 2.30. The van der Waals surface area contributed by atoms with Crippen molar-refractivity contribution in [3.8, 4) is 0 Å². The summed E-state index contributed by atoms with van der Waals surface area (Å²) in [6.07, 6.45) is 0. The average molecular weight is 358 g/mol. The predicted octanol–water partition coefficient (Wildman–Crippen LogP) is 3.85. The van der Waals surface area contributed by atoms with Crippen LogP contribution in [0.4, 0.5) is 0 Å². The lowest BCUT2D eigenvalue weighted by atomic mass is 10.3. The highest BCUT2D eigenvalue weighted by molar-refractivity contribution is 7.20. The van der Waals surface area contributed by atoms with Gasteiger partial charge in [-0.3, -0.25) is 4.79 Å². The standard InChI is InChI=1S/C13H9Cl2N3OS2/c1-18-8-4-2-3-5-9(8)20-13(18)17-16-12(19)7-6-10(14)21-11(7)15/h2-6H,1H3,(H,16,19). The van der Waals surface area contributed by atoms with Crippen LogP contribution in [0, 0.1) is 0 Å². The van der Waals surface area contributed by atoms with E-state index in [1.807, 2.05) is 35.9 Å². The number of carbonyl (C=O) groups excluding carboxylic acids is 1. The summed E-state index contributed by atoms with van der Waals surface area (Å²) in [7, 11) is 1.90. The summed E-state index contributed by atoms with van der Waals surface area (Å²) >= 11 is 14.4. The minimum absolute atomic E-state index is 0.333. The van der Waals surface area contributed by atoms with Crippen LogP contribution in [-0.4, -0.2) is 10.5 Å². The molecule has 3 rings (SSSR count). The Bertz CT molecular complexity index is 894. The molecule has 0 saturated carbocycles. The van der Waals surface area contributed by atoms with Crippen molar-refractivity contribution < 1.29 is 4.79 Å². The van der Waals surface area contributed by atoms with E-state index in [2.05, 4.69) is 10.5 Å². The average Bonchev–Trinajstić information content (AvgIpc) is 2.97. The lowest BCUT2D eigenvalue weighted by Crippen LogP contribution is -2.23. The Morgan fingerprint density at radius 3 is 2.71 bits per heavy atom. The van der Waals surface area contributed by atoms with Crippen LogP contribution in [0.5, 0.6) is 0 Å². The maximum Gasteiger partial charge on any atom is 0.273 e. The molecule has 2 heterocycles. The van der Waals surface area contributed by atoms with Crippen LogP contribution in [0.3, 0.4) is 0 Å². The van der Waals surface area contributed by atoms with Crippen molar-refractivity contribution >= 4 is 62.0 Å². The number of carbonyl (C=O) groups is 1. The Morgan fingerprint density at radius 2 is 2.05 bits per heavy atom. The van der Waals surface area contributed by atoms with Gasteiger partial charge in [-0.1, -0.05) is 46.7 Å². The third-order valence-corrected chi connectivity index (χ3v) is 5.47. The van der Waals surface area contributed by atoms with E-state index < -0.39 is 0 Å². The zero-order valence-corrected chi connectivity index (χ0v) is 13.9. The number of halogens is 2. The van der Waals surface area contributed by atoms with Crippen molar-refractivity contribution in [1.29, 1.82) is 0 Å². The number of aromatic nitrogens is 1. The van der Waals surface area contributed by atoms with Gasteiger partial charge < -0.3 is 4.57 Å². The largest absolute Gasteiger partial charge is 0.318 e. The minimum atomic E-state index is -0.374. The topological polar surface area (TPSA) is 46.4 Å². The van der Waals surface area contributed by atoms with Gasteiger partial charge in [-0.2, -0.15) is 0 Å². The van der Waals surface area contributed by atoms with E-state index >= 15 is 0 Å². The third-order valence-electron chi connectivity index (χ3n) is 2.87. The van der Waals surface area contributed by atoms with Gasteiger partial charge in [0.1, 0.15) is 4.34 Å². The van der Waals surface area contributed by atoms with E-state index in [0.29, 0.717) is 19.0 Å². The quantitative estimate of drug-likeness (QED) is 0.695. The number of hydrogen-bond donors (Lipinski definition) is 1. The first kappa shape index (κ1) is 14.6. The molecule has 1 amide bonds. The highest BCUT2D eigenvalue weighted by Gasteiger charge is 2.13. The van der Waals surface area contributed by atoms with Crippen molar-refractivity contribution in [2.24, 2.45) is 12.1 Å². The number of para-hydroxylation sites is 1. The number of thiazole rings is 1. The van der Waals surface area contributed by atoms with Gasteiger partial charge in [0.05, 0.1) is 20.1 Å². The molecule has 0 aliphatic rings. The van der Waals surface area contributed by atoms with Gasteiger partial charge in [0, 0.05) is 7.05 Å². The molecule has 8 heteroatoms. The van der Waals surface area contributed by atoms with Gasteiger partial charge in [0.15, 0.2) is 0 Å². The van der Waals surface area contributed by atoms with E-state index in [1.54, 1.807) is 0 Å². The molecule has 0 atom stereocenters. The molecule has 0 bridgehead atoms. The number of nitrogens with zero attached hydrogens (tertiary/aromatic N) is 2. The molecule has 0 aliphatic heterocycles. The van der Waals surface area contributed by atoms with Crippen molar-refractivity contribution in [1.82, 2.24) is 9.99 Å². The molecule has 21 heavy (non-hydrogen) atoms. The first-order valence-corrected chi connectivity index (χ1v) is 8.28. The molecule has 0 radical (unpaired) electrons. The Morgan fingerprint density at radius 1 is 1.29 bits per heavy atom. The Hall–Kier alpha value is -1.34. The molecular weight excluding hydrogens is 349 g/mol. The van der Waals surface area contributed by atoms with Gasteiger partial charge in [-0.25, -0.2) is 5.43 Å². The first-order chi connectivity index (χ1) is 10.1.